The van der Waals surface area contributed by atoms with Crippen molar-refractivity contribution in [1.29, 1.82) is 0 Å². The van der Waals surface area contributed by atoms with Crippen molar-refractivity contribution in [3.05, 3.63) is 34.5 Å². The summed E-state index contributed by atoms with van der Waals surface area (Å²) in [6.07, 6.45) is 3.78. The third-order valence-corrected chi connectivity index (χ3v) is 4.63. The van der Waals surface area contributed by atoms with E-state index in [0.717, 1.165) is 12.5 Å². The van der Waals surface area contributed by atoms with Gasteiger partial charge in [0, 0.05) is 18.1 Å². The van der Waals surface area contributed by atoms with Crippen LogP contribution in [0.4, 0.5) is 0 Å². The Balaban J connectivity index is 2.17. The summed E-state index contributed by atoms with van der Waals surface area (Å²) in [7, 11) is 4.30. The lowest BCUT2D eigenvalue weighted by Gasteiger charge is -2.23. The molecule has 0 amide bonds. The first kappa shape index (κ1) is 12.7. The lowest BCUT2D eigenvalue weighted by Crippen LogP contribution is -2.25. The number of hydrogen-bond acceptors (Lipinski definition) is 1. The van der Waals surface area contributed by atoms with Crippen molar-refractivity contribution in [2.75, 3.05) is 13.6 Å². The van der Waals surface area contributed by atoms with Gasteiger partial charge in [0.2, 0.25) is 0 Å². The van der Waals surface area contributed by atoms with E-state index in [2.05, 4.69) is 50.0 Å². The number of nitrogens with zero attached hydrogens (tertiary/aromatic N) is 1. The monoisotopic (exact) mass is 256 g/mol. The van der Waals surface area contributed by atoms with Crippen LogP contribution in [0.1, 0.15) is 28.8 Å². The summed E-state index contributed by atoms with van der Waals surface area (Å²) in [4.78, 5) is 0. The quantitative estimate of drug-likeness (QED) is 0.873. The average molecular weight is 256 g/mol. The van der Waals surface area contributed by atoms with Gasteiger partial charge in [-0.15, -0.1) is 0 Å². The fourth-order valence-electron chi connectivity index (χ4n) is 3.87. The third kappa shape index (κ3) is 1.99. The summed E-state index contributed by atoms with van der Waals surface area (Å²) >= 11 is 0. The molecule has 0 saturated carbocycles. The molecule has 1 N–H and O–H groups in total. The molecule has 1 aromatic heterocycles. The molecule has 0 fully saturated rings. The van der Waals surface area contributed by atoms with Crippen LogP contribution in [0.2, 0.25) is 0 Å². The molecule has 0 bridgehead atoms. The smallest absolute Gasteiger partial charge is 0.0512 e. The number of aromatic nitrogens is 1. The van der Waals surface area contributed by atoms with Crippen LogP contribution in [-0.2, 0) is 19.9 Å². The fraction of sp³-hybridized carbons (Fsp3) is 0.529. The lowest BCUT2D eigenvalue weighted by atomic mass is 9.86. The highest BCUT2D eigenvalue weighted by Gasteiger charge is 2.24. The first-order chi connectivity index (χ1) is 9.11. The molecule has 1 unspecified atom stereocenters. The molecule has 1 aromatic carbocycles. The van der Waals surface area contributed by atoms with Gasteiger partial charge in [0.05, 0.1) is 5.52 Å². The predicted octanol–water partition coefficient (Wildman–Crippen LogP) is 3.12. The van der Waals surface area contributed by atoms with Crippen LogP contribution >= 0.6 is 0 Å². The maximum Gasteiger partial charge on any atom is 0.0512 e. The van der Waals surface area contributed by atoms with Gasteiger partial charge in [-0.05, 0) is 69.8 Å². The van der Waals surface area contributed by atoms with Crippen LogP contribution in [0.25, 0.3) is 10.9 Å². The highest BCUT2D eigenvalue weighted by molar-refractivity contribution is 5.89. The summed E-state index contributed by atoms with van der Waals surface area (Å²) in [6, 6.07) is 4.68. The first-order valence-corrected chi connectivity index (χ1v) is 7.33. The Morgan fingerprint density at radius 1 is 1.32 bits per heavy atom. The Kier molecular flexibility index (Phi) is 3.14. The summed E-state index contributed by atoms with van der Waals surface area (Å²) in [6.45, 7) is 5.59. The number of nitrogens with one attached hydrogen (secondary N) is 1. The molecule has 0 saturated heterocycles. The molecule has 1 aliphatic rings. The van der Waals surface area contributed by atoms with Crippen molar-refractivity contribution in [3.63, 3.8) is 0 Å². The average Bonchev–Trinajstić information content (AvgIpc) is 2.63. The molecule has 1 aliphatic carbocycles. The molecule has 2 aromatic rings. The number of hydrogen-bond donors (Lipinski definition) is 1. The van der Waals surface area contributed by atoms with Crippen molar-refractivity contribution in [2.45, 2.75) is 33.1 Å². The molecule has 0 spiro atoms. The Morgan fingerprint density at radius 2 is 2.11 bits per heavy atom. The van der Waals surface area contributed by atoms with Crippen molar-refractivity contribution in [1.82, 2.24) is 9.88 Å². The molecule has 1 heterocycles. The van der Waals surface area contributed by atoms with Crippen molar-refractivity contribution in [3.8, 4) is 0 Å². The van der Waals surface area contributed by atoms with E-state index >= 15 is 0 Å². The Labute approximate surface area is 115 Å². The summed E-state index contributed by atoms with van der Waals surface area (Å²) < 4.78 is 2.44. The van der Waals surface area contributed by atoms with E-state index in [1.165, 1.54) is 41.3 Å². The van der Waals surface area contributed by atoms with E-state index in [9.17, 15) is 0 Å². The van der Waals surface area contributed by atoms with Crippen LogP contribution < -0.4 is 5.32 Å². The zero-order valence-electron chi connectivity index (χ0n) is 12.5. The predicted molar refractivity (Wildman–Crippen MR) is 81.8 cm³/mol. The minimum atomic E-state index is 0.795. The second-order valence-electron chi connectivity index (χ2n) is 6.13. The van der Waals surface area contributed by atoms with Crippen LogP contribution in [0.5, 0.6) is 0 Å². The molecule has 0 aliphatic heterocycles. The molecular weight excluding hydrogens is 232 g/mol. The second-order valence-corrected chi connectivity index (χ2v) is 6.13. The van der Waals surface area contributed by atoms with E-state index < -0.39 is 0 Å². The van der Waals surface area contributed by atoms with E-state index in [-0.39, 0.29) is 0 Å². The minimum Gasteiger partial charge on any atom is -0.347 e. The van der Waals surface area contributed by atoms with Crippen LogP contribution in [0.15, 0.2) is 12.1 Å². The van der Waals surface area contributed by atoms with Crippen LogP contribution in [0, 0.1) is 19.8 Å². The SMILES string of the molecule is CNCC1CCc2c(c3cc(C)cc(C)c3n2C)C1. The second kappa shape index (κ2) is 4.68. The number of benzene rings is 1. The molecule has 0 radical (unpaired) electrons. The first-order valence-electron chi connectivity index (χ1n) is 7.33. The lowest BCUT2D eigenvalue weighted by molar-refractivity contribution is 0.434. The van der Waals surface area contributed by atoms with E-state index in [1.807, 2.05) is 0 Å². The highest BCUT2D eigenvalue weighted by Crippen LogP contribution is 2.35. The molecule has 1 atom stereocenters. The number of fused-ring (bicyclic) bond motifs is 3. The number of aryl methyl sites for hydroxylation is 3. The topological polar surface area (TPSA) is 17.0 Å². The maximum absolute atomic E-state index is 3.34. The molecular formula is C17H24N2. The molecule has 19 heavy (non-hydrogen) atoms. The van der Waals surface area contributed by atoms with Gasteiger partial charge in [0.1, 0.15) is 0 Å². The molecule has 2 nitrogen and oxygen atoms in total. The van der Waals surface area contributed by atoms with Gasteiger partial charge < -0.3 is 9.88 Å². The van der Waals surface area contributed by atoms with E-state index in [1.54, 1.807) is 11.3 Å². The highest BCUT2D eigenvalue weighted by atomic mass is 15.0. The standard InChI is InChI=1S/C17H24N2/c1-11-7-12(2)17-15(8-11)14-9-13(10-18-3)5-6-16(14)19(17)4/h7-8,13,18H,5-6,9-10H2,1-4H3. The van der Waals surface area contributed by atoms with Gasteiger partial charge in [-0.3, -0.25) is 0 Å². The summed E-state index contributed by atoms with van der Waals surface area (Å²) in [5.41, 5.74) is 7.42. The molecule has 3 rings (SSSR count). The zero-order valence-corrected chi connectivity index (χ0v) is 12.5. The van der Waals surface area contributed by atoms with E-state index in [4.69, 9.17) is 0 Å². The van der Waals surface area contributed by atoms with E-state index in [0.29, 0.717) is 0 Å². The number of rotatable bonds is 2. The minimum absolute atomic E-state index is 0.795. The largest absolute Gasteiger partial charge is 0.347 e. The Morgan fingerprint density at radius 3 is 2.84 bits per heavy atom. The Hall–Kier alpha value is -1.28. The van der Waals surface area contributed by atoms with Crippen molar-refractivity contribution >= 4 is 10.9 Å². The van der Waals surface area contributed by atoms with Gasteiger partial charge in [-0.2, -0.15) is 0 Å². The van der Waals surface area contributed by atoms with Gasteiger partial charge in [0.25, 0.3) is 0 Å². The van der Waals surface area contributed by atoms with Gasteiger partial charge in [-0.1, -0.05) is 11.6 Å². The fourth-order valence-corrected chi connectivity index (χ4v) is 3.87. The van der Waals surface area contributed by atoms with Crippen molar-refractivity contribution < 1.29 is 0 Å². The third-order valence-electron chi connectivity index (χ3n) is 4.63. The molecule has 102 valence electrons. The van der Waals surface area contributed by atoms with Gasteiger partial charge in [0.15, 0.2) is 0 Å². The normalized spacial score (nSPS) is 18.8. The zero-order chi connectivity index (χ0) is 13.6. The Bertz CT molecular complexity index is 622. The van der Waals surface area contributed by atoms with Gasteiger partial charge in [-0.25, -0.2) is 0 Å². The summed E-state index contributed by atoms with van der Waals surface area (Å²) in [5, 5.41) is 4.84. The van der Waals surface area contributed by atoms with Gasteiger partial charge >= 0.3 is 0 Å². The summed E-state index contributed by atoms with van der Waals surface area (Å²) in [5.74, 6) is 0.795. The molecule has 2 heteroatoms. The van der Waals surface area contributed by atoms with Crippen LogP contribution in [-0.4, -0.2) is 18.2 Å². The maximum atomic E-state index is 3.34. The van der Waals surface area contributed by atoms with Crippen molar-refractivity contribution in [2.24, 2.45) is 13.0 Å². The van der Waals surface area contributed by atoms with Crippen LogP contribution in [0.3, 0.4) is 0 Å².